The van der Waals surface area contributed by atoms with Crippen LogP contribution in [0, 0.1) is 13.8 Å². The number of aryl methyl sites for hydroxylation is 2. The summed E-state index contributed by atoms with van der Waals surface area (Å²) in [5.74, 6) is 0.645. The van der Waals surface area contributed by atoms with E-state index >= 15 is 0 Å². The molecule has 5 aromatic rings. The Morgan fingerprint density at radius 2 is 1.81 bits per heavy atom. The Morgan fingerprint density at radius 3 is 2.59 bits per heavy atom. The van der Waals surface area contributed by atoms with Gasteiger partial charge in [-0.05, 0) is 31.5 Å². The van der Waals surface area contributed by atoms with E-state index in [9.17, 15) is 0 Å². The van der Waals surface area contributed by atoms with E-state index in [4.69, 9.17) is 0 Å². The molecule has 8 nitrogen and oxygen atoms in total. The van der Waals surface area contributed by atoms with Crippen molar-refractivity contribution < 1.29 is 0 Å². The molecule has 132 valence electrons. The van der Waals surface area contributed by atoms with Gasteiger partial charge in [0.25, 0.3) is 0 Å². The molecule has 4 heterocycles. The van der Waals surface area contributed by atoms with Gasteiger partial charge in [-0.1, -0.05) is 35.0 Å². The van der Waals surface area contributed by atoms with Gasteiger partial charge >= 0.3 is 0 Å². The second-order valence-electron chi connectivity index (χ2n) is 6.52. The Bertz CT molecular complexity index is 1250. The Hall–Kier alpha value is -3.68. The van der Waals surface area contributed by atoms with Crippen molar-refractivity contribution in [2.24, 2.45) is 0 Å². The van der Waals surface area contributed by atoms with Gasteiger partial charge in [-0.2, -0.15) is 9.61 Å². The first-order chi connectivity index (χ1) is 13.2. The molecular weight excluding hydrogens is 340 g/mol. The van der Waals surface area contributed by atoms with Gasteiger partial charge in [0, 0.05) is 18.0 Å². The molecule has 4 aromatic heterocycles. The molecule has 0 atom stereocenters. The topological polar surface area (TPSA) is 86.7 Å². The van der Waals surface area contributed by atoms with E-state index in [0.29, 0.717) is 18.0 Å². The van der Waals surface area contributed by atoms with Crippen molar-refractivity contribution in [1.82, 2.24) is 39.8 Å². The zero-order valence-electron chi connectivity index (χ0n) is 14.9. The molecule has 0 aliphatic heterocycles. The third-order valence-electron chi connectivity index (χ3n) is 4.55. The van der Waals surface area contributed by atoms with Crippen LogP contribution in [0.3, 0.4) is 0 Å². The van der Waals surface area contributed by atoms with Gasteiger partial charge in [0.15, 0.2) is 5.82 Å². The van der Waals surface area contributed by atoms with Crippen molar-refractivity contribution in [1.29, 1.82) is 0 Å². The highest BCUT2D eigenvalue weighted by atomic mass is 15.5. The van der Waals surface area contributed by atoms with E-state index in [1.807, 2.05) is 23.7 Å². The van der Waals surface area contributed by atoms with Crippen LogP contribution in [0.15, 0.2) is 48.8 Å². The standard InChI is InChI=1S/C19H16N8/c1-12-5-7-14(8-6-12)11-26-17-16(21-25-26)13(2)24-27-18(22-23-19(17)27)15-4-3-9-20-10-15/h3-10H,11H2,1-2H3. The number of aromatic nitrogens is 8. The van der Waals surface area contributed by atoms with E-state index in [-0.39, 0.29) is 0 Å². The molecule has 0 aliphatic rings. The van der Waals surface area contributed by atoms with E-state index in [1.54, 1.807) is 16.9 Å². The molecular formula is C19H16N8. The number of hydrogen-bond donors (Lipinski definition) is 0. The average Bonchev–Trinajstić information content (AvgIpc) is 3.29. The van der Waals surface area contributed by atoms with Crippen molar-refractivity contribution in [3.8, 4) is 11.4 Å². The summed E-state index contributed by atoms with van der Waals surface area (Å²) in [7, 11) is 0. The number of rotatable bonds is 3. The fraction of sp³-hybridized carbons (Fsp3) is 0.158. The second kappa shape index (κ2) is 5.94. The molecule has 0 unspecified atom stereocenters. The lowest BCUT2D eigenvalue weighted by molar-refractivity contribution is 0.670. The Kier molecular flexibility index (Phi) is 3.43. The number of hydrogen-bond acceptors (Lipinski definition) is 6. The molecule has 1 aromatic carbocycles. The Morgan fingerprint density at radius 1 is 0.963 bits per heavy atom. The molecule has 0 fully saturated rings. The van der Waals surface area contributed by atoms with Crippen molar-refractivity contribution in [2.45, 2.75) is 20.4 Å². The van der Waals surface area contributed by atoms with Crippen LogP contribution in [0.4, 0.5) is 0 Å². The summed E-state index contributed by atoms with van der Waals surface area (Å²) in [5, 5.41) is 22.0. The summed E-state index contributed by atoms with van der Waals surface area (Å²) in [6.45, 7) is 4.59. The highest BCUT2D eigenvalue weighted by Gasteiger charge is 2.19. The van der Waals surface area contributed by atoms with Crippen LogP contribution in [-0.2, 0) is 6.54 Å². The second-order valence-corrected chi connectivity index (χ2v) is 6.52. The molecule has 0 N–H and O–H groups in total. The minimum absolute atomic E-state index is 0.602. The summed E-state index contributed by atoms with van der Waals surface area (Å²) in [6, 6.07) is 12.2. The van der Waals surface area contributed by atoms with Crippen LogP contribution < -0.4 is 0 Å². The maximum absolute atomic E-state index is 4.62. The van der Waals surface area contributed by atoms with Crippen LogP contribution in [0.1, 0.15) is 16.8 Å². The molecule has 0 bridgehead atoms. The number of nitrogens with zero attached hydrogens (tertiary/aromatic N) is 8. The van der Waals surface area contributed by atoms with E-state index in [2.05, 4.69) is 61.8 Å². The smallest absolute Gasteiger partial charge is 0.205 e. The number of pyridine rings is 1. The van der Waals surface area contributed by atoms with E-state index < -0.39 is 0 Å². The first-order valence-electron chi connectivity index (χ1n) is 8.62. The third kappa shape index (κ3) is 2.53. The quantitative estimate of drug-likeness (QED) is 0.494. The molecule has 0 aliphatic carbocycles. The Labute approximate surface area is 154 Å². The zero-order valence-corrected chi connectivity index (χ0v) is 14.9. The van der Waals surface area contributed by atoms with Crippen molar-refractivity contribution in [3.63, 3.8) is 0 Å². The molecule has 0 saturated carbocycles. The van der Waals surface area contributed by atoms with Gasteiger partial charge in [0.2, 0.25) is 5.65 Å². The monoisotopic (exact) mass is 356 g/mol. The van der Waals surface area contributed by atoms with Crippen molar-refractivity contribution in [3.05, 3.63) is 65.6 Å². The maximum atomic E-state index is 4.62. The summed E-state index contributed by atoms with van der Waals surface area (Å²) < 4.78 is 3.59. The molecule has 8 heteroatoms. The fourth-order valence-corrected chi connectivity index (χ4v) is 3.15. The average molecular weight is 356 g/mol. The van der Waals surface area contributed by atoms with Crippen LogP contribution in [0.5, 0.6) is 0 Å². The van der Waals surface area contributed by atoms with Gasteiger partial charge in [-0.15, -0.1) is 15.3 Å². The zero-order chi connectivity index (χ0) is 18.4. The summed E-state index contributed by atoms with van der Waals surface area (Å²) in [6.07, 6.45) is 3.48. The van der Waals surface area contributed by atoms with Crippen LogP contribution in [0.25, 0.3) is 28.1 Å². The third-order valence-corrected chi connectivity index (χ3v) is 4.55. The molecule has 0 radical (unpaired) electrons. The lowest BCUT2D eigenvalue weighted by Gasteiger charge is -2.05. The number of fused-ring (bicyclic) bond motifs is 3. The minimum atomic E-state index is 0.602. The fourth-order valence-electron chi connectivity index (χ4n) is 3.15. The van der Waals surface area contributed by atoms with Crippen molar-refractivity contribution in [2.75, 3.05) is 0 Å². The van der Waals surface area contributed by atoms with Crippen molar-refractivity contribution >= 4 is 16.7 Å². The SMILES string of the molecule is Cc1ccc(Cn2nnc3c(C)nn4c(-c5cccnc5)nnc4c32)cc1. The molecule has 0 saturated heterocycles. The predicted octanol–water partition coefficient (Wildman–Crippen LogP) is 2.60. The molecule has 27 heavy (non-hydrogen) atoms. The van der Waals surface area contributed by atoms with Gasteiger partial charge in [0.05, 0.1) is 12.2 Å². The first kappa shape index (κ1) is 15.6. The molecule has 0 spiro atoms. The largest absolute Gasteiger partial charge is 0.264 e. The predicted molar refractivity (Wildman–Crippen MR) is 100 cm³/mol. The highest BCUT2D eigenvalue weighted by molar-refractivity contribution is 5.89. The van der Waals surface area contributed by atoms with E-state index in [0.717, 1.165) is 27.9 Å². The maximum Gasteiger partial charge on any atom is 0.205 e. The Balaban J connectivity index is 1.71. The summed E-state index contributed by atoms with van der Waals surface area (Å²) in [5.41, 5.74) is 6.19. The van der Waals surface area contributed by atoms with Crippen LogP contribution >= 0.6 is 0 Å². The summed E-state index contributed by atoms with van der Waals surface area (Å²) in [4.78, 5) is 4.16. The molecule has 5 rings (SSSR count). The van der Waals surface area contributed by atoms with E-state index in [1.165, 1.54) is 5.56 Å². The van der Waals surface area contributed by atoms with Crippen LogP contribution in [0.2, 0.25) is 0 Å². The molecule has 0 amide bonds. The van der Waals surface area contributed by atoms with Gasteiger partial charge < -0.3 is 0 Å². The first-order valence-corrected chi connectivity index (χ1v) is 8.62. The number of benzene rings is 1. The minimum Gasteiger partial charge on any atom is -0.264 e. The lowest BCUT2D eigenvalue weighted by atomic mass is 10.1. The van der Waals surface area contributed by atoms with Gasteiger partial charge in [-0.3, -0.25) is 4.98 Å². The van der Waals surface area contributed by atoms with Gasteiger partial charge in [-0.25, -0.2) is 4.68 Å². The summed E-state index contributed by atoms with van der Waals surface area (Å²) >= 11 is 0. The van der Waals surface area contributed by atoms with Crippen LogP contribution in [-0.4, -0.2) is 39.8 Å². The lowest BCUT2D eigenvalue weighted by Crippen LogP contribution is -2.05. The van der Waals surface area contributed by atoms with Gasteiger partial charge in [0.1, 0.15) is 11.0 Å². The normalized spacial score (nSPS) is 11.5. The highest BCUT2D eigenvalue weighted by Crippen LogP contribution is 2.23.